The average molecular weight is 343 g/mol. The quantitative estimate of drug-likeness (QED) is 0.801. The molecule has 2 aliphatic rings. The van der Waals surface area contributed by atoms with Gasteiger partial charge in [-0.3, -0.25) is 9.52 Å². The molecule has 122 valence electrons. The topological polar surface area (TPSA) is 81.7 Å². The highest BCUT2D eigenvalue weighted by atomic mass is 32.2. The molecule has 0 saturated carbocycles. The molecule has 0 bridgehead atoms. The average Bonchev–Trinajstić information content (AvgIpc) is 2.59. The largest absolute Gasteiger partial charge is 0.486 e. The van der Waals surface area contributed by atoms with Crippen molar-refractivity contribution < 1.29 is 22.7 Å². The number of hydrogen-bond acceptors (Lipinski definition) is 5. The SMILES string of the molecule is O=C1C(=Cc2ccc3c(c2)OCCO3)NS(=O)(=O)c2ccccc21. The summed E-state index contributed by atoms with van der Waals surface area (Å²) in [7, 11) is -3.76. The Hall–Kier alpha value is -2.80. The highest BCUT2D eigenvalue weighted by molar-refractivity contribution is 7.90. The molecule has 0 radical (unpaired) electrons. The van der Waals surface area contributed by atoms with E-state index in [-0.39, 0.29) is 21.9 Å². The number of nitrogens with one attached hydrogen (secondary N) is 1. The van der Waals surface area contributed by atoms with Crippen molar-refractivity contribution >= 4 is 21.9 Å². The minimum absolute atomic E-state index is 0.00498. The Morgan fingerprint density at radius 2 is 1.75 bits per heavy atom. The molecule has 2 aromatic rings. The van der Waals surface area contributed by atoms with E-state index < -0.39 is 10.0 Å². The van der Waals surface area contributed by atoms with E-state index in [4.69, 9.17) is 9.47 Å². The van der Waals surface area contributed by atoms with Crippen molar-refractivity contribution in [2.75, 3.05) is 13.2 Å². The molecule has 0 amide bonds. The molecule has 0 spiro atoms. The molecule has 2 aromatic carbocycles. The Morgan fingerprint density at radius 1 is 1.00 bits per heavy atom. The lowest BCUT2D eigenvalue weighted by Crippen LogP contribution is -2.34. The maximum Gasteiger partial charge on any atom is 0.262 e. The van der Waals surface area contributed by atoms with Crippen LogP contribution >= 0.6 is 0 Å². The first-order chi connectivity index (χ1) is 11.5. The van der Waals surface area contributed by atoms with Crippen LogP contribution in [0.5, 0.6) is 11.5 Å². The van der Waals surface area contributed by atoms with E-state index in [0.29, 0.717) is 30.3 Å². The van der Waals surface area contributed by atoms with E-state index in [0.717, 1.165) is 0 Å². The second-order valence-corrected chi connectivity index (χ2v) is 7.04. The number of allylic oxidation sites excluding steroid dienone is 1. The third-order valence-electron chi connectivity index (χ3n) is 3.79. The molecule has 6 nitrogen and oxygen atoms in total. The first-order valence-electron chi connectivity index (χ1n) is 7.32. The summed E-state index contributed by atoms with van der Waals surface area (Å²) in [5, 5.41) is 0. The molecular weight excluding hydrogens is 330 g/mol. The summed E-state index contributed by atoms with van der Waals surface area (Å²) >= 11 is 0. The van der Waals surface area contributed by atoms with E-state index >= 15 is 0 Å². The van der Waals surface area contributed by atoms with Gasteiger partial charge in [0.05, 0.1) is 10.6 Å². The van der Waals surface area contributed by atoms with Gasteiger partial charge in [0.2, 0.25) is 5.78 Å². The van der Waals surface area contributed by atoms with Crippen LogP contribution in [0.25, 0.3) is 6.08 Å². The maximum absolute atomic E-state index is 12.5. The Kier molecular flexibility index (Phi) is 3.31. The number of benzene rings is 2. The number of rotatable bonds is 1. The normalized spacial score (nSPS) is 19.5. The van der Waals surface area contributed by atoms with Crippen LogP contribution in [-0.2, 0) is 10.0 Å². The number of carbonyl (C=O) groups excluding carboxylic acids is 1. The molecule has 2 aliphatic heterocycles. The Balaban J connectivity index is 1.77. The number of carbonyl (C=O) groups is 1. The van der Waals surface area contributed by atoms with Crippen molar-refractivity contribution in [3.05, 3.63) is 59.3 Å². The van der Waals surface area contributed by atoms with Crippen LogP contribution < -0.4 is 14.2 Å². The van der Waals surface area contributed by atoms with Crippen LogP contribution in [0, 0.1) is 0 Å². The predicted octanol–water partition coefficient (Wildman–Crippen LogP) is 1.97. The van der Waals surface area contributed by atoms with Gasteiger partial charge >= 0.3 is 0 Å². The van der Waals surface area contributed by atoms with Crippen LogP contribution in [0.4, 0.5) is 0 Å². The molecule has 24 heavy (non-hydrogen) atoms. The van der Waals surface area contributed by atoms with E-state index in [1.54, 1.807) is 30.3 Å². The lowest BCUT2D eigenvalue weighted by atomic mass is 10.1. The number of Topliss-reactive ketones (excluding diaryl/α,β-unsaturated/α-hetero) is 1. The minimum Gasteiger partial charge on any atom is -0.486 e. The van der Waals surface area contributed by atoms with Crippen molar-refractivity contribution in [3.63, 3.8) is 0 Å². The number of ether oxygens (including phenoxy) is 2. The number of hydrogen-bond donors (Lipinski definition) is 1. The lowest BCUT2D eigenvalue weighted by molar-refractivity contribution is 0.102. The van der Waals surface area contributed by atoms with Crippen LogP contribution in [0.2, 0.25) is 0 Å². The van der Waals surface area contributed by atoms with Gasteiger partial charge in [-0.05, 0) is 35.9 Å². The van der Waals surface area contributed by atoms with Gasteiger partial charge in [0.15, 0.2) is 11.5 Å². The van der Waals surface area contributed by atoms with Crippen LogP contribution in [0.1, 0.15) is 15.9 Å². The first-order valence-corrected chi connectivity index (χ1v) is 8.81. The van der Waals surface area contributed by atoms with Crippen molar-refractivity contribution in [2.24, 2.45) is 0 Å². The van der Waals surface area contributed by atoms with Gasteiger partial charge in [-0.25, -0.2) is 8.42 Å². The number of sulfonamides is 1. The fraction of sp³-hybridized carbons (Fsp3) is 0.118. The molecule has 1 N–H and O–H groups in total. The Labute approximate surface area is 138 Å². The molecule has 7 heteroatoms. The molecule has 0 fully saturated rings. The van der Waals surface area contributed by atoms with E-state index in [1.807, 2.05) is 0 Å². The molecule has 0 aromatic heterocycles. The van der Waals surface area contributed by atoms with Gasteiger partial charge in [0, 0.05) is 5.56 Å². The van der Waals surface area contributed by atoms with Crippen molar-refractivity contribution in [1.29, 1.82) is 0 Å². The van der Waals surface area contributed by atoms with Gasteiger partial charge in [-0.15, -0.1) is 0 Å². The summed E-state index contributed by atoms with van der Waals surface area (Å²) in [6, 6.07) is 11.3. The standard InChI is InChI=1S/C17H13NO5S/c19-17-12-3-1-2-4-16(12)24(20,21)18-13(17)9-11-5-6-14-15(10-11)23-8-7-22-14/h1-6,9-10,18H,7-8H2. The zero-order chi connectivity index (χ0) is 16.7. The third kappa shape index (κ3) is 2.43. The summed E-state index contributed by atoms with van der Waals surface area (Å²) in [5.74, 6) is 0.835. The minimum atomic E-state index is -3.76. The lowest BCUT2D eigenvalue weighted by Gasteiger charge is -2.20. The maximum atomic E-state index is 12.5. The van der Waals surface area contributed by atoms with Gasteiger partial charge in [0.25, 0.3) is 10.0 Å². The Morgan fingerprint density at radius 3 is 2.58 bits per heavy atom. The Bertz CT molecular complexity index is 978. The van der Waals surface area contributed by atoms with Crippen LogP contribution in [0.3, 0.4) is 0 Å². The molecule has 0 unspecified atom stereocenters. The van der Waals surface area contributed by atoms with Crippen molar-refractivity contribution in [3.8, 4) is 11.5 Å². The molecule has 2 heterocycles. The molecule has 0 aliphatic carbocycles. The fourth-order valence-corrected chi connectivity index (χ4v) is 3.95. The van der Waals surface area contributed by atoms with Crippen molar-refractivity contribution in [2.45, 2.75) is 4.90 Å². The highest BCUT2D eigenvalue weighted by Gasteiger charge is 2.31. The van der Waals surface area contributed by atoms with Crippen LogP contribution in [0.15, 0.2) is 53.1 Å². The van der Waals surface area contributed by atoms with Gasteiger partial charge in [-0.2, -0.15) is 0 Å². The summed E-state index contributed by atoms with van der Waals surface area (Å²) in [4.78, 5) is 12.5. The molecular formula is C17H13NO5S. The highest BCUT2D eigenvalue weighted by Crippen LogP contribution is 2.32. The second-order valence-electron chi connectivity index (χ2n) is 5.39. The third-order valence-corrected chi connectivity index (χ3v) is 5.21. The summed E-state index contributed by atoms with van der Waals surface area (Å²) in [6.07, 6.45) is 1.49. The van der Waals surface area contributed by atoms with E-state index in [2.05, 4.69) is 4.72 Å². The summed E-state index contributed by atoms with van der Waals surface area (Å²) in [6.45, 7) is 0.939. The fourth-order valence-electron chi connectivity index (χ4n) is 2.69. The zero-order valence-electron chi connectivity index (χ0n) is 12.5. The summed E-state index contributed by atoms with van der Waals surface area (Å²) in [5.41, 5.74) is 0.815. The van der Waals surface area contributed by atoms with E-state index in [1.165, 1.54) is 18.2 Å². The molecule has 0 saturated heterocycles. The second kappa shape index (κ2) is 5.38. The van der Waals surface area contributed by atoms with Gasteiger partial charge in [0.1, 0.15) is 13.2 Å². The van der Waals surface area contributed by atoms with E-state index in [9.17, 15) is 13.2 Å². The molecule has 0 atom stereocenters. The van der Waals surface area contributed by atoms with Crippen molar-refractivity contribution in [1.82, 2.24) is 4.72 Å². The summed E-state index contributed by atoms with van der Waals surface area (Å²) < 4.78 is 37.9. The zero-order valence-corrected chi connectivity index (χ0v) is 13.3. The molecule has 4 rings (SSSR count). The van der Waals surface area contributed by atoms with Gasteiger partial charge < -0.3 is 9.47 Å². The number of fused-ring (bicyclic) bond motifs is 2. The first kappa shape index (κ1) is 14.8. The monoisotopic (exact) mass is 343 g/mol. The van der Waals surface area contributed by atoms with Crippen LogP contribution in [-0.4, -0.2) is 27.4 Å². The smallest absolute Gasteiger partial charge is 0.262 e. The predicted molar refractivity (Wildman–Crippen MR) is 86.5 cm³/mol. The van der Waals surface area contributed by atoms with Gasteiger partial charge in [-0.1, -0.05) is 18.2 Å². The number of ketones is 1.